The topological polar surface area (TPSA) is 76.2 Å². The SMILES string of the molecule is COc1ccc2cc(S(=O)(=O)N3C[C@@H]4COC[C@H](C3)N(C)C4=O)ccc2c1. The van der Waals surface area contributed by atoms with Gasteiger partial charge in [0.25, 0.3) is 0 Å². The monoisotopic (exact) mass is 390 g/mol. The molecule has 0 aromatic heterocycles. The minimum Gasteiger partial charge on any atom is -0.497 e. The third kappa shape index (κ3) is 3.18. The van der Waals surface area contributed by atoms with Crippen molar-refractivity contribution in [3.8, 4) is 5.75 Å². The number of fused-ring (bicyclic) bond motifs is 4. The van der Waals surface area contributed by atoms with Crippen LogP contribution in [0.25, 0.3) is 10.8 Å². The molecular formula is C19H22N2O5S. The molecule has 0 saturated carbocycles. The highest BCUT2D eigenvalue weighted by atomic mass is 32.2. The van der Waals surface area contributed by atoms with E-state index in [1.54, 1.807) is 43.3 Å². The molecule has 0 radical (unpaired) electrons. The average molecular weight is 390 g/mol. The summed E-state index contributed by atoms with van der Waals surface area (Å²) in [7, 11) is -0.402. The summed E-state index contributed by atoms with van der Waals surface area (Å²) in [6.45, 7) is 0.982. The molecule has 2 saturated heterocycles. The summed E-state index contributed by atoms with van der Waals surface area (Å²) in [5.41, 5.74) is 0. The van der Waals surface area contributed by atoms with Crippen LogP contribution in [-0.4, -0.2) is 70.0 Å². The van der Waals surface area contributed by atoms with Crippen molar-refractivity contribution in [2.75, 3.05) is 40.5 Å². The summed E-state index contributed by atoms with van der Waals surface area (Å²) in [6.07, 6.45) is 0. The molecule has 2 aliphatic rings. The van der Waals surface area contributed by atoms with Crippen LogP contribution in [0, 0.1) is 5.92 Å². The maximum Gasteiger partial charge on any atom is 0.243 e. The molecule has 144 valence electrons. The molecule has 0 unspecified atom stereocenters. The maximum absolute atomic E-state index is 13.3. The van der Waals surface area contributed by atoms with Crippen LogP contribution in [0.15, 0.2) is 41.3 Å². The van der Waals surface area contributed by atoms with E-state index in [0.717, 1.165) is 16.5 Å². The van der Waals surface area contributed by atoms with E-state index in [1.165, 1.54) is 4.31 Å². The second-order valence-corrected chi connectivity index (χ2v) is 8.97. The van der Waals surface area contributed by atoms with Crippen molar-refractivity contribution in [1.82, 2.24) is 9.21 Å². The zero-order valence-corrected chi connectivity index (χ0v) is 16.1. The Labute approximate surface area is 158 Å². The Bertz CT molecular complexity index is 991. The normalized spacial score (nSPS) is 24.1. The fourth-order valence-electron chi connectivity index (χ4n) is 3.69. The van der Waals surface area contributed by atoms with Crippen LogP contribution in [0.2, 0.25) is 0 Å². The van der Waals surface area contributed by atoms with E-state index in [1.807, 2.05) is 12.1 Å². The van der Waals surface area contributed by atoms with Crippen LogP contribution < -0.4 is 4.74 Å². The molecule has 2 fully saturated rings. The molecule has 2 aromatic carbocycles. The van der Waals surface area contributed by atoms with E-state index in [9.17, 15) is 13.2 Å². The van der Waals surface area contributed by atoms with E-state index in [2.05, 4.69) is 0 Å². The van der Waals surface area contributed by atoms with Crippen LogP contribution in [0.3, 0.4) is 0 Å². The number of likely N-dealkylation sites (N-methyl/N-ethyl adjacent to an activating group) is 1. The molecule has 0 aliphatic carbocycles. The van der Waals surface area contributed by atoms with Gasteiger partial charge in [-0.2, -0.15) is 4.31 Å². The van der Waals surface area contributed by atoms with Gasteiger partial charge in [0.15, 0.2) is 0 Å². The van der Waals surface area contributed by atoms with Gasteiger partial charge < -0.3 is 14.4 Å². The molecule has 2 aromatic rings. The molecule has 2 heterocycles. The quantitative estimate of drug-likeness (QED) is 0.790. The lowest BCUT2D eigenvalue weighted by Crippen LogP contribution is -2.45. The van der Waals surface area contributed by atoms with Crippen molar-refractivity contribution >= 4 is 26.7 Å². The summed E-state index contributed by atoms with van der Waals surface area (Å²) in [4.78, 5) is 14.3. The van der Waals surface area contributed by atoms with Gasteiger partial charge in [0, 0.05) is 20.1 Å². The van der Waals surface area contributed by atoms with Crippen molar-refractivity contribution < 1.29 is 22.7 Å². The fraction of sp³-hybridized carbons (Fsp3) is 0.421. The number of ether oxygens (including phenoxy) is 2. The lowest BCUT2D eigenvalue weighted by Gasteiger charge is -2.28. The Hall–Kier alpha value is -2.16. The molecule has 7 nitrogen and oxygen atoms in total. The number of hydrogen-bond acceptors (Lipinski definition) is 5. The number of carbonyl (C=O) groups excluding carboxylic acids is 1. The average Bonchev–Trinajstić information content (AvgIpc) is 2.85. The molecule has 2 atom stereocenters. The standard InChI is InChI=1S/C19H22N2O5S/c1-20-16-10-21(9-15(19(20)22)11-26-12-16)27(23,24)18-6-4-13-7-17(25-2)5-3-14(13)8-18/h3-8,15-16H,9-12H2,1-2H3/t15-,16+/m1/s1. The van der Waals surface area contributed by atoms with E-state index in [-0.39, 0.29) is 36.5 Å². The predicted molar refractivity (Wildman–Crippen MR) is 100 cm³/mol. The zero-order chi connectivity index (χ0) is 19.2. The number of methoxy groups -OCH3 is 1. The number of benzene rings is 2. The predicted octanol–water partition coefficient (Wildman–Crippen LogP) is 1.33. The Morgan fingerprint density at radius 1 is 1.07 bits per heavy atom. The van der Waals surface area contributed by atoms with Crippen LogP contribution >= 0.6 is 0 Å². The van der Waals surface area contributed by atoms with Crippen LogP contribution in [-0.2, 0) is 19.6 Å². The number of sulfonamides is 1. The Morgan fingerprint density at radius 2 is 1.81 bits per heavy atom. The second kappa shape index (κ2) is 6.78. The summed E-state index contributed by atoms with van der Waals surface area (Å²) < 4.78 is 38.8. The van der Waals surface area contributed by atoms with Gasteiger partial charge in [-0.05, 0) is 35.0 Å². The molecule has 1 amide bonds. The zero-order valence-electron chi connectivity index (χ0n) is 15.3. The van der Waals surface area contributed by atoms with Crippen LogP contribution in [0.1, 0.15) is 0 Å². The van der Waals surface area contributed by atoms with E-state index in [4.69, 9.17) is 9.47 Å². The van der Waals surface area contributed by atoms with E-state index < -0.39 is 15.9 Å². The first-order chi connectivity index (χ1) is 12.9. The highest BCUT2D eigenvalue weighted by Crippen LogP contribution is 2.28. The van der Waals surface area contributed by atoms with Crippen LogP contribution in [0.4, 0.5) is 0 Å². The van der Waals surface area contributed by atoms with Crippen LogP contribution in [0.5, 0.6) is 5.75 Å². The van der Waals surface area contributed by atoms with Crippen molar-refractivity contribution in [3.05, 3.63) is 36.4 Å². The van der Waals surface area contributed by atoms with Crippen molar-refractivity contribution in [2.45, 2.75) is 10.9 Å². The summed E-state index contributed by atoms with van der Waals surface area (Å²) in [6, 6.07) is 10.3. The maximum atomic E-state index is 13.3. The minimum atomic E-state index is -3.71. The van der Waals surface area contributed by atoms with Gasteiger partial charge in [-0.15, -0.1) is 0 Å². The van der Waals surface area contributed by atoms with Gasteiger partial charge in [0.2, 0.25) is 15.9 Å². The molecule has 0 N–H and O–H groups in total. The number of nitrogens with zero attached hydrogens (tertiary/aromatic N) is 2. The number of rotatable bonds is 3. The fourth-order valence-corrected chi connectivity index (χ4v) is 5.25. The minimum absolute atomic E-state index is 0.0548. The molecule has 4 rings (SSSR count). The first-order valence-corrected chi connectivity index (χ1v) is 10.3. The molecule has 0 spiro atoms. The smallest absolute Gasteiger partial charge is 0.243 e. The first kappa shape index (κ1) is 18.2. The number of amides is 1. The number of carbonyl (C=O) groups is 1. The molecular weight excluding hydrogens is 368 g/mol. The van der Waals surface area contributed by atoms with Gasteiger partial charge in [-0.3, -0.25) is 4.79 Å². The second-order valence-electron chi connectivity index (χ2n) is 7.03. The Kier molecular flexibility index (Phi) is 4.57. The highest BCUT2D eigenvalue weighted by Gasteiger charge is 2.41. The van der Waals surface area contributed by atoms with E-state index >= 15 is 0 Å². The highest BCUT2D eigenvalue weighted by molar-refractivity contribution is 7.89. The third-order valence-corrected chi connectivity index (χ3v) is 7.20. The van der Waals surface area contributed by atoms with Gasteiger partial charge >= 0.3 is 0 Å². The Balaban J connectivity index is 1.70. The largest absolute Gasteiger partial charge is 0.497 e. The van der Waals surface area contributed by atoms with Gasteiger partial charge in [-0.25, -0.2) is 8.42 Å². The summed E-state index contributed by atoms with van der Waals surface area (Å²) >= 11 is 0. The van der Waals surface area contributed by atoms with Crippen molar-refractivity contribution in [3.63, 3.8) is 0 Å². The third-order valence-electron chi connectivity index (χ3n) is 5.37. The van der Waals surface area contributed by atoms with E-state index in [0.29, 0.717) is 6.61 Å². The lowest BCUT2D eigenvalue weighted by molar-refractivity contribution is -0.133. The Morgan fingerprint density at radius 3 is 2.59 bits per heavy atom. The first-order valence-electron chi connectivity index (χ1n) is 8.82. The van der Waals surface area contributed by atoms with Gasteiger partial charge in [-0.1, -0.05) is 12.1 Å². The van der Waals surface area contributed by atoms with Gasteiger partial charge in [0.1, 0.15) is 5.75 Å². The lowest BCUT2D eigenvalue weighted by atomic mass is 10.1. The van der Waals surface area contributed by atoms with Gasteiger partial charge in [0.05, 0.1) is 37.2 Å². The number of hydrogen-bond donors (Lipinski definition) is 0. The molecule has 27 heavy (non-hydrogen) atoms. The van der Waals surface area contributed by atoms with Crippen molar-refractivity contribution in [2.24, 2.45) is 5.92 Å². The molecule has 2 aliphatic heterocycles. The summed E-state index contributed by atoms with van der Waals surface area (Å²) in [5.74, 6) is 0.197. The van der Waals surface area contributed by atoms with Crippen molar-refractivity contribution in [1.29, 1.82) is 0 Å². The molecule has 2 bridgehead atoms. The molecule has 8 heteroatoms. The summed E-state index contributed by atoms with van der Waals surface area (Å²) in [5, 5.41) is 1.73.